The minimum atomic E-state index is 0.463. The van der Waals surface area contributed by atoms with E-state index in [1.807, 2.05) is 48.7 Å². The molecule has 0 spiro atoms. The molecule has 0 aliphatic heterocycles. The highest BCUT2D eigenvalue weighted by molar-refractivity contribution is 5.79. The summed E-state index contributed by atoms with van der Waals surface area (Å²) in [5.74, 6) is 0. The molecule has 0 aliphatic carbocycles. The molecule has 3 nitrogen and oxygen atoms in total. The maximum Gasteiger partial charge on any atom is 0.0702 e. The van der Waals surface area contributed by atoms with Crippen LogP contribution in [0.25, 0.3) is 21.8 Å². The molecular formula is C21H17N3. The predicted molar refractivity (Wildman–Crippen MR) is 97.5 cm³/mol. The van der Waals surface area contributed by atoms with Crippen molar-refractivity contribution in [3.63, 3.8) is 0 Å². The average molecular weight is 311 g/mol. The van der Waals surface area contributed by atoms with Crippen LogP contribution in [-0.4, -0.2) is 9.97 Å². The number of hydrogen-bond donors (Lipinski definition) is 0. The van der Waals surface area contributed by atoms with Crippen LogP contribution in [0.15, 0.2) is 73.1 Å². The van der Waals surface area contributed by atoms with Gasteiger partial charge >= 0.3 is 0 Å². The van der Waals surface area contributed by atoms with Crippen LogP contribution in [0, 0.1) is 18.3 Å². The number of nitrogens with zero attached hydrogens (tertiary/aromatic N) is 3. The number of nitriles is 1. The zero-order valence-corrected chi connectivity index (χ0v) is 13.5. The molecule has 116 valence electrons. The van der Waals surface area contributed by atoms with Crippen LogP contribution in [0.2, 0.25) is 0 Å². The number of hydrogen-bond acceptors (Lipinski definition) is 3. The fourth-order valence-corrected chi connectivity index (χ4v) is 2.52. The minimum absolute atomic E-state index is 0.463. The van der Waals surface area contributed by atoms with Gasteiger partial charge < -0.3 is 0 Å². The third-order valence-corrected chi connectivity index (χ3v) is 3.71. The summed E-state index contributed by atoms with van der Waals surface area (Å²) < 4.78 is 0. The zero-order chi connectivity index (χ0) is 16.8. The molecule has 0 N–H and O–H groups in total. The van der Waals surface area contributed by atoms with Crippen molar-refractivity contribution >= 4 is 21.8 Å². The van der Waals surface area contributed by atoms with Crippen molar-refractivity contribution in [2.45, 2.75) is 13.3 Å². The second kappa shape index (κ2) is 7.34. The number of aryl methyl sites for hydroxylation is 1. The van der Waals surface area contributed by atoms with Crippen LogP contribution in [0.4, 0.5) is 0 Å². The van der Waals surface area contributed by atoms with Crippen molar-refractivity contribution in [1.82, 2.24) is 9.97 Å². The molecule has 4 aromatic rings. The van der Waals surface area contributed by atoms with E-state index in [1.165, 1.54) is 10.9 Å². The SMILES string of the molecule is Cc1ccc2ncccc2c1.N#CCc1ccc2ncccc2c1. The molecule has 2 aromatic carbocycles. The van der Waals surface area contributed by atoms with Gasteiger partial charge in [-0.15, -0.1) is 0 Å². The molecule has 0 aliphatic rings. The Morgan fingerprint density at radius 2 is 1.46 bits per heavy atom. The average Bonchev–Trinajstić information content (AvgIpc) is 2.62. The number of aromatic nitrogens is 2. The highest BCUT2D eigenvalue weighted by Crippen LogP contribution is 2.13. The summed E-state index contributed by atoms with van der Waals surface area (Å²) in [6, 6.07) is 22.2. The lowest BCUT2D eigenvalue weighted by Gasteiger charge is -1.97. The van der Waals surface area contributed by atoms with Gasteiger partial charge in [0.15, 0.2) is 0 Å². The highest BCUT2D eigenvalue weighted by atomic mass is 14.6. The van der Waals surface area contributed by atoms with Crippen LogP contribution in [-0.2, 0) is 6.42 Å². The second-order valence-corrected chi connectivity index (χ2v) is 5.56. The van der Waals surface area contributed by atoms with Gasteiger partial charge in [-0.1, -0.05) is 29.8 Å². The Morgan fingerprint density at radius 3 is 2.12 bits per heavy atom. The van der Waals surface area contributed by atoms with Crippen molar-refractivity contribution in [1.29, 1.82) is 5.26 Å². The van der Waals surface area contributed by atoms with E-state index >= 15 is 0 Å². The molecule has 0 fully saturated rings. The first-order chi connectivity index (χ1) is 11.8. The van der Waals surface area contributed by atoms with Crippen LogP contribution < -0.4 is 0 Å². The first kappa shape index (κ1) is 15.6. The molecule has 4 rings (SSSR count). The van der Waals surface area contributed by atoms with Gasteiger partial charge in [0.2, 0.25) is 0 Å². The Morgan fingerprint density at radius 1 is 0.833 bits per heavy atom. The predicted octanol–water partition coefficient (Wildman–Crippen LogP) is 4.84. The summed E-state index contributed by atoms with van der Waals surface area (Å²) in [5.41, 5.74) is 4.37. The molecule has 3 heteroatoms. The van der Waals surface area contributed by atoms with Gasteiger partial charge in [-0.25, -0.2) is 0 Å². The summed E-state index contributed by atoms with van der Waals surface area (Å²) >= 11 is 0. The monoisotopic (exact) mass is 311 g/mol. The smallest absolute Gasteiger partial charge is 0.0702 e. The Labute approximate surface area is 141 Å². The van der Waals surface area contributed by atoms with Crippen molar-refractivity contribution < 1.29 is 0 Å². The first-order valence-electron chi connectivity index (χ1n) is 7.78. The fourth-order valence-electron chi connectivity index (χ4n) is 2.52. The number of benzene rings is 2. The summed E-state index contributed by atoms with van der Waals surface area (Å²) in [5, 5.41) is 10.8. The summed E-state index contributed by atoms with van der Waals surface area (Å²) in [6.45, 7) is 2.09. The highest BCUT2D eigenvalue weighted by Gasteiger charge is 1.95. The molecule has 2 heterocycles. The van der Waals surface area contributed by atoms with E-state index in [-0.39, 0.29) is 0 Å². The van der Waals surface area contributed by atoms with Crippen molar-refractivity contribution in [2.75, 3.05) is 0 Å². The Balaban J connectivity index is 0.000000143. The van der Waals surface area contributed by atoms with Crippen LogP contribution >= 0.6 is 0 Å². The molecule has 0 bridgehead atoms. The van der Waals surface area contributed by atoms with E-state index in [0.717, 1.165) is 22.0 Å². The van der Waals surface area contributed by atoms with Crippen LogP contribution in [0.1, 0.15) is 11.1 Å². The van der Waals surface area contributed by atoms with Gasteiger partial charge in [-0.2, -0.15) is 5.26 Å². The van der Waals surface area contributed by atoms with Crippen molar-refractivity contribution in [3.05, 3.63) is 84.2 Å². The lowest BCUT2D eigenvalue weighted by molar-refractivity contribution is 1.27. The first-order valence-corrected chi connectivity index (χ1v) is 7.78. The summed E-state index contributed by atoms with van der Waals surface area (Å²) in [4.78, 5) is 8.42. The molecule has 0 unspecified atom stereocenters. The normalized spacial score (nSPS) is 10.0. The van der Waals surface area contributed by atoms with Gasteiger partial charge in [0.25, 0.3) is 0 Å². The van der Waals surface area contributed by atoms with E-state index in [0.29, 0.717) is 6.42 Å². The second-order valence-electron chi connectivity index (χ2n) is 5.56. The third kappa shape index (κ3) is 3.74. The minimum Gasteiger partial charge on any atom is -0.256 e. The maximum absolute atomic E-state index is 8.53. The largest absolute Gasteiger partial charge is 0.256 e. The van der Waals surface area contributed by atoms with Gasteiger partial charge in [0.1, 0.15) is 0 Å². The lowest BCUT2D eigenvalue weighted by Crippen LogP contribution is -1.82. The summed E-state index contributed by atoms with van der Waals surface area (Å²) in [6.07, 6.45) is 4.05. The quantitative estimate of drug-likeness (QED) is 0.505. The van der Waals surface area contributed by atoms with Gasteiger partial charge in [-0.3, -0.25) is 9.97 Å². The van der Waals surface area contributed by atoms with E-state index < -0.39 is 0 Å². The topological polar surface area (TPSA) is 49.6 Å². The molecule has 0 amide bonds. The van der Waals surface area contributed by atoms with Gasteiger partial charge in [0.05, 0.1) is 23.5 Å². The maximum atomic E-state index is 8.53. The third-order valence-electron chi connectivity index (χ3n) is 3.71. The molecule has 0 saturated carbocycles. The zero-order valence-electron chi connectivity index (χ0n) is 13.5. The molecule has 0 radical (unpaired) electrons. The fraction of sp³-hybridized carbons (Fsp3) is 0.0952. The van der Waals surface area contributed by atoms with E-state index in [2.05, 4.69) is 41.2 Å². The molecule has 0 atom stereocenters. The molecule has 0 saturated heterocycles. The Bertz CT molecular complexity index is 1020. The van der Waals surface area contributed by atoms with E-state index in [1.54, 1.807) is 6.20 Å². The molecule has 2 aromatic heterocycles. The van der Waals surface area contributed by atoms with Crippen molar-refractivity contribution in [2.24, 2.45) is 0 Å². The lowest BCUT2D eigenvalue weighted by atomic mass is 10.1. The number of fused-ring (bicyclic) bond motifs is 2. The Kier molecular flexibility index (Phi) is 4.78. The molecule has 24 heavy (non-hydrogen) atoms. The number of pyridine rings is 2. The van der Waals surface area contributed by atoms with Gasteiger partial charge in [0, 0.05) is 23.2 Å². The van der Waals surface area contributed by atoms with Crippen LogP contribution in [0.3, 0.4) is 0 Å². The summed E-state index contributed by atoms with van der Waals surface area (Å²) in [7, 11) is 0. The van der Waals surface area contributed by atoms with E-state index in [9.17, 15) is 0 Å². The van der Waals surface area contributed by atoms with Gasteiger partial charge in [-0.05, 0) is 48.9 Å². The van der Waals surface area contributed by atoms with Crippen molar-refractivity contribution in [3.8, 4) is 6.07 Å². The Hall–Kier alpha value is -3.25. The van der Waals surface area contributed by atoms with Crippen LogP contribution in [0.5, 0.6) is 0 Å². The molecular weight excluding hydrogens is 294 g/mol. The van der Waals surface area contributed by atoms with E-state index in [4.69, 9.17) is 5.26 Å². The number of rotatable bonds is 1. The standard InChI is InChI=1S/C11H8N2.C10H9N/c12-6-5-9-3-4-11-10(8-9)2-1-7-13-11;1-8-4-5-10-9(7-8)3-2-6-11-10/h1-4,7-8H,5H2;2-7H,1H3.